The third-order valence-corrected chi connectivity index (χ3v) is 4.53. The van der Waals surface area contributed by atoms with E-state index in [0.717, 1.165) is 5.56 Å². The summed E-state index contributed by atoms with van der Waals surface area (Å²) in [5.74, 6) is 0.558. The Hall–Kier alpha value is -2.60. The van der Waals surface area contributed by atoms with E-state index in [2.05, 4.69) is 0 Å². The van der Waals surface area contributed by atoms with E-state index >= 15 is 0 Å². The van der Waals surface area contributed by atoms with Gasteiger partial charge in [-0.3, -0.25) is 9.59 Å². The summed E-state index contributed by atoms with van der Waals surface area (Å²) in [5, 5.41) is 0. The van der Waals surface area contributed by atoms with E-state index in [-0.39, 0.29) is 18.4 Å². The Kier molecular flexibility index (Phi) is 8.46. The number of carbonyl (C=O) groups excluding carboxylic acids is 2. The monoisotopic (exact) mass is 400 g/mol. The molecular formula is C23H32N2O4. The smallest absolute Gasteiger partial charge is 0.242 e. The minimum absolute atomic E-state index is 0.0351. The first kappa shape index (κ1) is 22.7. The molecular weight excluding hydrogens is 368 g/mol. The lowest BCUT2D eigenvalue weighted by molar-refractivity contribution is -0.146. The molecule has 1 aromatic carbocycles. The first-order valence-electron chi connectivity index (χ1n) is 9.93. The number of benzene rings is 1. The predicted octanol–water partition coefficient (Wildman–Crippen LogP) is 3.72. The third kappa shape index (κ3) is 7.38. The zero-order valence-electron chi connectivity index (χ0n) is 17.9. The van der Waals surface area contributed by atoms with Crippen molar-refractivity contribution in [2.24, 2.45) is 5.41 Å². The Morgan fingerprint density at radius 3 is 2.31 bits per heavy atom. The van der Waals surface area contributed by atoms with Gasteiger partial charge in [-0.25, -0.2) is 0 Å². The van der Waals surface area contributed by atoms with Crippen LogP contribution < -0.4 is 0 Å². The van der Waals surface area contributed by atoms with E-state index in [1.165, 1.54) is 0 Å². The highest BCUT2D eigenvalue weighted by molar-refractivity contribution is 5.87. The fraction of sp³-hybridized carbons (Fsp3) is 0.478. The van der Waals surface area contributed by atoms with E-state index in [1.807, 2.05) is 57.2 Å². The number of rotatable bonds is 10. The zero-order valence-corrected chi connectivity index (χ0v) is 17.9. The Bertz CT molecular complexity index is 751. The molecule has 6 heteroatoms. The SMILES string of the molecule is COCCCN(CC(=O)N(Cc1ccccc1)Cc1ccco1)C(=O)C(C)(C)C. The summed E-state index contributed by atoms with van der Waals surface area (Å²) in [7, 11) is 1.63. The zero-order chi connectivity index (χ0) is 21.3. The third-order valence-electron chi connectivity index (χ3n) is 4.53. The number of amides is 2. The van der Waals surface area contributed by atoms with Gasteiger partial charge in [0, 0.05) is 32.2 Å². The Labute approximate surface area is 173 Å². The minimum Gasteiger partial charge on any atom is -0.467 e. The van der Waals surface area contributed by atoms with Crippen molar-refractivity contribution in [1.82, 2.24) is 9.80 Å². The number of carbonyl (C=O) groups is 2. The van der Waals surface area contributed by atoms with Crippen LogP contribution in [0.25, 0.3) is 0 Å². The summed E-state index contributed by atoms with van der Waals surface area (Å²) in [5.41, 5.74) is 0.471. The molecule has 0 radical (unpaired) electrons. The molecule has 158 valence electrons. The number of ether oxygens (including phenoxy) is 1. The lowest BCUT2D eigenvalue weighted by Crippen LogP contribution is -2.46. The van der Waals surface area contributed by atoms with Crippen LogP contribution in [0.15, 0.2) is 53.1 Å². The van der Waals surface area contributed by atoms with Crippen LogP contribution in [0.5, 0.6) is 0 Å². The molecule has 1 aromatic heterocycles. The summed E-state index contributed by atoms with van der Waals surface area (Å²) in [6.45, 7) is 7.48. The molecule has 0 unspecified atom stereocenters. The molecule has 29 heavy (non-hydrogen) atoms. The highest BCUT2D eigenvalue weighted by Gasteiger charge is 2.29. The lowest BCUT2D eigenvalue weighted by atomic mass is 9.94. The standard InChI is InChI=1S/C23H32N2O4/c1-23(2,3)22(27)24(13-9-14-28-4)18-21(26)25(17-20-12-8-15-29-20)16-19-10-6-5-7-11-19/h5-8,10-12,15H,9,13-14,16-18H2,1-4H3. The van der Waals surface area contributed by atoms with Crippen LogP contribution in [0.2, 0.25) is 0 Å². The maximum absolute atomic E-state index is 13.2. The minimum atomic E-state index is -0.557. The molecule has 0 N–H and O–H groups in total. The van der Waals surface area contributed by atoms with Crippen molar-refractivity contribution in [3.63, 3.8) is 0 Å². The second-order valence-electron chi connectivity index (χ2n) is 8.14. The van der Waals surface area contributed by atoms with Crippen LogP contribution in [-0.2, 0) is 27.4 Å². The van der Waals surface area contributed by atoms with Gasteiger partial charge in [0.05, 0.1) is 19.4 Å². The van der Waals surface area contributed by atoms with Gasteiger partial charge in [-0.2, -0.15) is 0 Å². The maximum Gasteiger partial charge on any atom is 0.242 e. The van der Waals surface area contributed by atoms with Crippen molar-refractivity contribution >= 4 is 11.8 Å². The average molecular weight is 401 g/mol. The summed E-state index contributed by atoms with van der Waals surface area (Å²) < 4.78 is 10.6. The van der Waals surface area contributed by atoms with Gasteiger partial charge in [0.15, 0.2) is 0 Å². The molecule has 0 spiro atoms. The van der Waals surface area contributed by atoms with Crippen LogP contribution in [0, 0.1) is 5.41 Å². The number of methoxy groups -OCH3 is 1. The number of hydrogen-bond acceptors (Lipinski definition) is 4. The first-order chi connectivity index (χ1) is 13.8. The van der Waals surface area contributed by atoms with Gasteiger partial charge in [0.25, 0.3) is 0 Å². The largest absolute Gasteiger partial charge is 0.467 e. The molecule has 0 aliphatic heterocycles. The average Bonchev–Trinajstić information content (AvgIpc) is 3.19. The highest BCUT2D eigenvalue weighted by Crippen LogP contribution is 2.19. The second kappa shape index (κ2) is 10.8. The van der Waals surface area contributed by atoms with Gasteiger partial charge < -0.3 is 19.0 Å². The second-order valence-corrected chi connectivity index (χ2v) is 8.14. The van der Waals surface area contributed by atoms with E-state index in [9.17, 15) is 9.59 Å². The molecule has 6 nitrogen and oxygen atoms in total. The fourth-order valence-electron chi connectivity index (χ4n) is 3.02. The van der Waals surface area contributed by atoms with Gasteiger partial charge in [-0.1, -0.05) is 51.1 Å². The van der Waals surface area contributed by atoms with E-state index in [0.29, 0.717) is 38.4 Å². The number of hydrogen-bond donors (Lipinski definition) is 0. The lowest BCUT2D eigenvalue weighted by Gasteiger charge is -2.31. The molecule has 0 aliphatic carbocycles. The van der Waals surface area contributed by atoms with Crippen molar-refractivity contribution < 1.29 is 18.7 Å². The van der Waals surface area contributed by atoms with Gasteiger partial charge in [-0.05, 0) is 24.1 Å². The van der Waals surface area contributed by atoms with Crippen LogP contribution in [0.4, 0.5) is 0 Å². The van der Waals surface area contributed by atoms with Crippen molar-refractivity contribution in [3.8, 4) is 0 Å². The van der Waals surface area contributed by atoms with E-state index < -0.39 is 5.41 Å². The molecule has 0 aliphatic rings. The van der Waals surface area contributed by atoms with Crippen molar-refractivity contribution in [1.29, 1.82) is 0 Å². The van der Waals surface area contributed by atoms with Gasteiger partial charge in [-0.15, -0.1) is 0 Å². The van der Waals surface area contributed by atoms with Crippen LogP contribution >= 0.6 is 0 Å². The molecule has 2 rings (SSSR count). The first-order valence-corrected chi connectivity index (χ1v) is 9.93. The molecule has 0 saturated heterocycles. The van der Waals surface area contributed by atoms with E-state index in [1.54, 1.807) is 29.2 Å². The molecule has 0 atom stereocenters. The molecule has 1 heterocycles. The predicted molar refractivity (Wildman–Crippen MR) is 112 cm³/mol. The van der Waals surface area contributed by atoms with E-state index in [4.69, 9.17) is 9.15 Å². The normalized spacial score (nSPS) is 11.3. The summed E-state index contributed by atoms with van der Waals surface area (Å²) in [6, 6.07) is 13.5. The van der Waals surface area contributed by atoms with Gasteiger partial charge in [0.2, 0.25) is 11.8 Å². The number of furan rings is 1. The van der Waals surface area contributed by atoms with Crippen LogP contribution in [0.1, 0.15) is 38.5 Å². The molecule has 2 aromatic rings. The molecule has 0 bridgehead atoms. The van der Waals surface area contributed by atoms with Gasteiger partial charge in [0.1, 0.15) is 5.76 Å². The summed E-state index contributed by atoms with van der Waals surface area (Å²) >= 11 is 0. The Morgan fingerprint density at radius 2 is 1.72 bits per heavy atom. The van der Waals surface area contributed by atoms with Crippen molar-refractivity contribution in [3.05, 3.63) is 60.1 Å². The van der Waals surface area contributed by atoms with Crippen molar-refractivity contribution in [2.45, 2.75) is 40.3 Å². The molecule has 0 saturated carbocycles. The van der Waals surface area contributed by atoms with Gasteiger partial charge >= 0.3 is 0 Å². The topological polar surface area (TPSA) is 63.0 Å². The Morgan fingerprint density at radius 1 is 1.00 bits per heavy atom. The quantitative estimate of drug-likeness (QED) is 0.570. The maximum atomic E-state index is 13.2. The molecule has 0 fully saturated rings. The van der Waals surface area contributed by atoms with Crippen LogP contribution in [0.3, 0.4) is 0 Å². The Balaban J connectivity index is 2.16. The van der Waals surface area contributed by atoms with Crippen LogP contribution in [-0.4, -0.2) is 48.4 Å². The number of nitrogens with zero attached hydrogens (tertiary/aromatic N) is 2. The van der Waals surface area contributed by atoms with Crippen molar-refractivity contribution in [2.75, 3.05) is 26.8 Å². The fourth-order valence-corrected chi connectivity index (χ4v) is 3.02. The highest BCUT2D eigenvalue weighted by atomic mass is 16.5. The molecule has 2 amide bonds. The summed E-state index contributed by atoms with van der Waals surface area (Å²) in [6.07, 6.45) is 2.28. The summed E-state index contributed by atoms with van der Waals surface area (Å²) in [4.78, 5) is 29.5.